The number of carboxylic acids is 1. The maximum Gasteiger partial charge on any atom is 0.335 e. The van der Waals surface area contributed by atoms with Gasteiger partial charge in [-0.3, -0.25) is 10.1 Å². The predicted molar refractivity (Wildman–Crippen MR) is 101 cm³/mol. The van der Waals surface area contributed by atoms with Crippen LogP contribution in [0.3, 0.4) is 0 Å². The van der Waals surface area contributed by atoms with Crippen LogP contribution in [-0.4, -0.2) is 45.1 Å². The molecule has 0 saturated heterocycles. The van der Waals surface area contributed by atoms with Crippen molar-refractivity contribution in [2.75, 3.05) is 13.2 Å². The minimum Gasteiger partial charge on any atom is -0.492 e. The molecule has 2 heterocycles. The fourth-order valence-electron chi connectivity index (χ4n) is 3.13. The second kappa shape index (κ2) is 9.50. The van der Waals surface area contributed by atoms with Crippen LogP contribution < -0.4 is 4.74 Å². The van der Waals surface area contributed by atoms with Gasteiger partial charge in [0.25, 0.3) is 0 Å². The van der Waals surface area contributed by atoms with E-state index in [0.29, 0.717) is 26.1 Å². The summed E-state index contributed by atoms with van der Waals surface area (Å²) in [6.07, 6.45) is 10.8. The summed E-state index contributed by atoms with van der Waals surface area (Å²) in [6.45, 7) is 1.21. The first-order chi connectivity index (χ1) is 13.2. The first-order valence-electron chi connectivity index (χ1n) is 9.66. The maximum atomic E-state index is 11.2. The number of hydrogen-bond donors (Lipinski definition) is 2. The van der Waals surface area contributed by atoms with Gasteiger partial charge in [0, 0.05) is 12.8 Å². The molecule has 1 aliphatic carbocycles. The van der Waals surface area contributed by atoms with E-state index in [2.05, 4.69) is 15.2 Å². The molecule has 0 unspecified atom stereocenters. The molecule has 0 spiro atoms. The molecule has 1 fully saturated rings. The first kappa shape index (κ1) is 19.4. The normalized spacial score (nSPS) is 15.3. The van der Waals surface area contributed by atoms with Gasteiger partial charge in [0.1, 0.15) is 5.75 Å². The topological polar surface area (TPSA) is 97.3 Å². The van der Waals surface area contributed by atoms with Crippen LogP contribution in [0.4, 0.5) is 0 Å². The molecule has 0 bridgehead atoms. The van der Waals surface area contributed by atoms with E-state index < -0.39 is 11.6 Å². The molecule has 0 aliphatic heterocycles. The van der Waals surface area contributed by atoms with Crippen molar-refractivity contribution in [1.82, 2.24) is 15.2 Å². The van der Waals surface area contributed by atoms with Crippen molar-refractivity contribution >= 4 is 5.97 Å². The van der Waals surface area contributed by atoms with Gasteiger partial charge in [-0.15, -0.1) is 0 Å². The highest BCUT2D eigenvalue weighted by molar-refractivity contribution is 5.78. The number of pyridine rings is 1. The SMILES string of the molecule is O=C(O)C1(OCCCCCCCOc2ccc(-c3ccn[nH]3)nc2)CCC1. The molecular weight excluding hydrogens is 346 g/mol. The van der Waals surface area contributed by atoms with Crippen LogP contribution in [0.2, 0.25) is 0 Å². The molecular formula is C20H27N3O4. The Labute approximate surface area is 159 Å². The van der Waals surface area contributed by atoms with E-state index in [1.807, 2.05) is 18.2 Å². The summed E-state index contributed by atoms with van der Waals surface area (Å²) in [5, 5.41) is 16.0. The number of aromatic amines is 1. The smallest absolute Gasteiger partial charge is 0.335 e. The lowest BCUT2D eigenvalue weighted by molar-refractivity contribution is -0.179. The van der Waals surface area contributed by atoms with Gasteiger partial charge in [0.15, 0.2) is 5.60 Å². The molecule has 0 atom stereocenters. The van der Waals surface area contributed by atoms with Gasteiger partial charge in [-0.1, -0.05) is 19.3 Å². The number of aliphatic carboxylic acids is 1. The van der Waals surface area contributed by atoms with Crippen molar-refractivity contribution in [1.29, 1.82) is 0 Å². The standard InChI is InChI=1S/C20H27N3O4/c24-19(25)20(10-6-11-20)27-14-5-3-1-2-4-13-26-16-7-8-17(21-15-16)18-9-12-22-23-18/h7-9,12,15H,1-6,10-11,13-14H2,(H,22,23)(H,24,25). The maximum absolute atomic E-state index is 11.2. The third kappa shape index (κ3) is 5.29. The van der Waals surface area contributed by atoms with E-state index in [1.54, 1.807) is 12.4 Å². The highest BCUT2D eigenvalue weighted by Gasteiger charge is 2.45. The van der Waals surface area contributed by atoms with Crippen LogP contribution in [-0.2, 0) is 9.53 Å². The quantitative estimate of drug-likeness (QED) is 0.549. The van der Waals surface area contributed by atoms with Crippen molar-refractivity contribution in [3.63, 3.8) is 0 Å². The highest BCUT2D eigenvalue weighted by Crippen LogP contribution is 2.36. The molecule has 0 radical (unpaired) electrons. The van der Waals surface area contributed by atoms with Gasteiger partial charge in [-0.05, 0) is 50.3 Å². The summed E-state index contributed by atoms with van der Waals surface area (Å²) >= 11 is 0. The Morgan fingerprint density at radius 3 is 2.48 bits per heavy atom. The number of carbonyl (C=O) groups is 1. The Morgan fingerprint density at radius 2 is 1.89 bits per heavy atom. The van der Waals surface area contributed by atoms with Crippen LogP contribution in [0.25, 0.3) is 11.4 Å². The number of unbranched alkanes of at least 4 members (excludes halogenated alkanes) is 4. The molecule has 1 aliphatic rings. The number of nitrogens with one attached hydrogen (secondary N) is 1. The lowest BCUT2D eigenvalue weighted by Gasteiger charge is -2.37. The van der Waals surface area contributed by atoms with Crippen LogP contribution in [0, 0.1) is 0 Å². The number of H-pyrrole nitrogens is 1. The Morgan fingerprint density at radius 1 is 1.11 bits per heavy atom. The van der Waals surface area contributed by atoms with Crippen molar-refractivity contribution in [3.05, 3.63) is 30.6 Å². The molecule has 2 aromatic rings. The first-order valence-corrected chi connectivity index (χ1v) is 9.66. The van der Waals surface area contributed by atoms with Gasteiger partial charge >= 0.3 is 5.97 Å². The molecule has 1 saturated carbocycles. The van der Waals surface area contributed by atoms with E-state index in [-0.39, 0.29) is 0 Å². The monoisotopic (exact) mass is 373 g/mol. The molecule has 2 aromatic heterocycles. The molecule has 0 aromatic carbocycles. The fraction of sp³-hybridized carbons (Fsp3) is 0.550. The average molecular weight is 373 g/mol. The zero-order chi connectivity index (χ0) is 19.0. The summed E-state index contributed by atoms with van der Waals surface area (Å²) in [4.78, 5) is 15.6. The van der Waals surface area contributed by atoms with Crippen molar-refractivity contribution in [3.8, 4) is 17.1 Å². The number of hydrogen-bond acceptors (Lipinski definition) is 5. The Balaban J connectivity index is 1.21. The van der Waals surface area contributed by atoms with Crippen molar-refractivity contribution in [2.45, 2.75) is 57.0 Å². The third-order valence-corrected chi connectivity index (χ3v) is 5.00. The average Bonchev–Trinajstić information content (AvgIpc) is 3.17. The van der Waals surface area contributed by atoms with Crippen molar-refractivity contribution < 1.29 is 19.4 Å². The highest BCUT2D eigenvalue weighted by atomic mass is 16.5. The lowest BCUT2D eigenvalue weighted by atomic mass is 9.80. The molecule has 0 amide bonds. The lowest BCUT2D eigenvalue weighted by Crippen LogP contribution is -2.47. The van der Waals surface area contributed by atoms with Gasteiger partial charge in [-0.25, -0.2) is 4.79 Å². The molecule has 2 N–H and O–H groups in total. The largest absolute Gasteiger partial charge is 0.492 e. The van der Waals surface area contributed by atoms with Gasteiger partial charge in [0.2, 0.25) is 0 Å². The molecule has 27 heavy (non-hydrogen) atoms. The molecule has 146 valence electrons. The van der Waals surface area contributed by atoms with Crippen LogP contribution in [0.1, 0.15) is 51.4 Å². The van der Waals surface area contributed by atoms with Gasteiger partial charge in [0.05, 0.1) is 24.2 Å². The third-order valence-electron chi connectivity index (χ3n) is 5.00. The minimum atomic E-state index is -0.880. The van der Waals surface area contributed by atoms with E-state index in [9.17, 15) is 9.90 Å². The number of rotatable bonds is 12. The van der Waals surface area contributed by atoms with Crippen molar-refractivity contribution in [2.24, 2.45) is 0 Å². The summed E-state index contributed by atoms with van der Waals surface area (Å²) in [6, 6.07) is 5.70. The summed E-state index contributed by atoms with van der Waals surface area (Å²) in [7, 11) is 0. The fourth-order valence-corrected chi connectivity index (χ4v) is 3.13. The number of nitrogens with zero attached hydrogens (tertiary/aromatic N) is 2. The molecule has 7 nitrogen and oxygen atoms in total. The van der Waals surface area contributed by atoms with Crippen LogP contribution in [0.15, 0.2) is 30.6 Å². The second-order valence-electron chi connectivity index (χ2n) is 6.97. The van der Waals surface area contributed by atoms with Gasteiger partial charge in [-0.2, -0.15) is 5.10 Å². The van der Waals surface area contributed by atoms with E-state index in [1.165, 1.54) is 0 Å². The Bertz CT molecular complexity index is 697. The van der Waals surface area contributed by atoms with Gasteiger partial charge < -0.3 is 14.6 Å². The summed E-state index contributed by atoms with van der Waals surface area (Å²) < 4.78 is 11.3. The second-order valence-corrected chi connectivity index (χ2v) is 6.97. The number of aromatic nitrogens is 3. The van der Waals surface area contributed by atoms with E-state index >= 15 is 0 Å². The number of carboxylic acid groups (broad SMARTS) is 1. The summed E-state index contributed by atoms with van der Waals surface area (Å²) in [5.41, 5.74) is 0.847. The number of ether oxygens (including phenoxy) is 2. The summed E-state index contributed by atoms with van der Waals surface area (Å²) in [5.74, 6) is -0.0379. The zero-order valence-electron chi connectivity index (χ0n) is 15.5. The molecule has 7 heteroatoms. The predicted octanol–water partition coefficient (Wildman–Crippen LogP) is 3.82. The van der Waals surface area contributed by atoms with Crippen LogP contribution in [0.5, 0.6) is 5.75 Å². The zero-order valence-corrected chi connectivity index (χ0v) is 15.5. The van der Waals surface area contributed by atoms with Crippen LogP contribution >= 0.6 is 0 Å². The Hall–Kier alpha value is -2.41. The van der Waals surface area contributed by atoms with E-state index in [0.717, 1.165) is 55.7 Å². The Kier molecular flexibility index (Phi) is 6.81. The minimum absolute atomic E-state index is 0.539. The molecule has 3 rings (SSSR count). The van der Waals surface area contributed by atoms with E-state index in [4.69, 9.17) is 9.47 Å².